The molecule has 22 heavy (non-hydrogen) atoms. The van der Waals surface area contributed by atoms with E-state index in [0.29, 0.717) is 0 Å². The molecule has 9 heteroatoms. The van der Waals surface area contributed by atoms with Gasteiger partial charge in [-0.25, -0.2) is 8.78 Å². The quantitative estimate of drug-likeness (QED) is 0.557. The molecule has 0 unspecified atom stereocenters. The van der Waals surface area contributed by atoms with Crippen molar-refractivity contribution >= 4 is 22.3 Å². The summed E-state index contributed by atoms with van der Waals surface area (Å²) in [6.07, 6.45) is 1.23. The number of hydrogen-bond donors (Lipinski definition) is 0. The number of hydrogen-bond acceptors (Lipinski definition) is 3. The Bertz CT molecular complexity index is 581. The standard InChI is InChI=1S/C13H21F2N3O3S/c1-4-10(19)11-12(13(11,14)15)5-7-18(8-6-12)22(20,21)16-9-17(2)3/h9,11H,4-8H2,1-3H3/b16-9+/t11-/m0/s1. The van der Waals surface area contributed by atoms with E-state index in [-0.39, 0.29) is 32.4 Å². The van der Waals surface area contributed by atoms with E-state index in [0.717, 1.165) is 10.6 Å². The zero-order valence-corrected chi connectivity index (χ0v) is 13.7. The minimum Gasteiger partial charge on any atom is -0.368 e. The number of carbonyl (C=O) groups is 1. The van der Waals surface area contributed by atoms with E-state index in [1.54, 1.807) is 21.0 Å². The Hall–Kier alpha value is -1.09. The molecule has 1 aliphatic carbocycles. The van der Waals surface area contributed by atoms with Crippen molar-refractivity contribution in [3.8, 4) is 0 Å². The molecule has 0 aromatic carbocycles. The van der Waals surface area contributed by atoms with Crippen LogP contribution in [0.25, 0.3) is 0 Å². The summed E-state index contributed by atoms with van der Waals surface area (Å²) < 4.78 is 56.7. The van der Waals surface area contributed by atoms with Crippen LogP contribution in [-0.4, -0.2) is 62.9 Å². The third kappa shape index (κ3) is 2.64. The second-order valence-electron chi connectivity index (χ2n) is 6.09. The predicted molar refractivity (Wildman–Crippen MR) is 78.1 cm³/mol. The van der Waals surface area contributed by atoms with Gasteiger partial charge < -0.3 is 4.90 Å². The van der Waals surface area contributed by atoms with E-state index in [1.165, 1.54) is 4.90 Å². The van der Waals surface area contributed by atoms with Crippen LogP contribution in [-0.2, 0) is 15.0 Å². The summed E-state index contributed by atoms with van der Waals surface area (Å²) in [5, 5.41) is 0. The van der Waals surface area contributed by atoms with E-state index in [2.05, 4.69) is 4.40 Å². The number of nitrogens with zero attached hydrogens (tertiary/aromatic N) is 3. The molecule has 2 aliphatic rings. The Kier molecular flexibility index (Phi) is 4.33. The average molecular weight is 337 g/mol. The van der Waals surface area contributed by atoms with E-state index >= 15 is 0 Å². The Morgan fingerprint density at radius 2 is 1.91 bits per heavy atom. The van der Waals surface area contributed by atoms with Gasteiger partial charge in [0, 0.05) is 33.6 Å². The van der Waals surface area contributed by atoms with Crippen LogP contribution < -0.4 is 0 Å². The maximum atomic E-state index is 14.0. The van der Waals surface area contributed by atoms with E-state index in [9.17, 15) is 22.0 Å². The predicted octanol–water partition coefficient (Wildman–Crippen LogP) is 1.15. The first-order valence-corrected chi connectivity index (χ1v) is 8.60. The number of carbonyl (C=O) groups excluding carboxylic acids is 1. The molecule has 0 aromatic rings. The van der Waals surface area contributed by atoms with Gasteiger partial charge in [-0.05, 0) is 12.8 Å². The molecule has 2 rings (SSSR count). The first-order valence-electron chi connectivity index (χ1n) is 7.21. The summed E-state index contributed by atoms with van der Waals surface area (Å²) in [7, 11) is -0.580. The number of alkyl halides is 2. The molecule has 6 nitrogen and oxygen atoms in total. The Morgan fingerprint density at radius 1 is 1.36 bits per heavy atom. The molecule has 1 aliphatic heterocycles. The molecule has 1 atom stereocenters. The fourth-order valence-electron chi connectivity index (χ4n) is 3.18. The van der Waals surface area contributed by atoms with Crippen molar-refractivity contribution in [1.29, 1.82) is 0 Å². The summed E-state index contributed by atoms with van der Waals surface area (Å²) in [6.45, 7) is 1.51. The van der Waals surface area contributed by atoms with E-state index < -0.39 is 33.2 Å². The van der Waals surface area contributed by atoms with Crippen molar-refractivity contribution in [2.45, 2.75) is 32.1 Å². The molecule has 1 saturated heterocycles. The molecule has 0 N–H and O–H groups in total. The SMILES string of the molecule is CCC(=O)[C@@H]1C(F)(F)C12CCN(S(=O)(=O)/N=C/N(C)C)CC2. The van der Waals surface area contributed by atoms with Crippen LogP contribution in [0.2, 0.25) is 0 Å². The summed E-state index contributed by atoms with van der Waals surface area (Å²) in [4.78, 5) is 13.2. The van der Waals surface area contributed by atoms with Crippen LogP contribution in [0.5, 0.6) is 0 Å². The molecule has 0 amide bonds. The van der Waals surface area contributed by atoms with Crippen LogP contribution in [0.15, 0.2) is 4.40 Å². The van der Waals surface area contributed by atoms with E-state index in [4.69, 9.17) is 0 Å². The van der Waals surface area contributed by atoms with Crippen LogP contribution in [0, 0.1) is 11.3 Å². The van der Waals surface area contributed by atoms with Gasteiger partial charge in [0.2, 0.25) is 0 Å². The maximum absolute atomic E-state index is 14.0. The van der Waals surface area contributed by atoms with Gasteiger partial charge in [-0.1, -0.05) is 6.92 Å². The largest absolute Gasteiger partial charge is 0.368 e. The zero-order valence-electron chi connectivity index (χ0n) is 12.9. The first-order chi connectivity index (χ1) is 10.1. The van der Waals surface area contributed by atoms with Gasteiger partial charge in [-0.2, -0.15) is 12.7 Å². The third-order valence-electron chi connectivity index (χ3n) is 4.52. The van der Waals surface area contributed by atoms with Crippen LogP contribution in [0.1, 0.15) is 26.2 Å². The van der Waals surface area contributed by atoms with E-state index in [1.807, 2.05) is 0 Å². The number of Topliss-reactive ketones (excluding diaryl/α,β-unsaturated/α-hetero) is 1. The molecular weight excluding hydrogens is 316 g/mol. The highest BCUT2D eigenvalue weighted by Crippen LogP contribution is 2.71. The van der Waals surface area contributed by atoms with Crippen molar-refractivity contribution in [1.82, 2.24) is 9.21 Å². The summed E-state index contributed by atoms with van der Waals surface area (Å²) in [6, 6.07) is 0. The normalized spacial score (nSPS) is 27.2. The minimum atomic E-state index is -3.85. The summed E-state index contributed by atoms with van der Waals surface area (Å²) in [5.74, 6) is -4.70. The van der Waals surface area contributed by atoms with Crippen molar-refractivity contribution in [3.05, 3.63) is 0 Å². The highest BCUT2D eigenvalue weighted by Gasteiger charge is 2.82. The van der Waals surface area contributed by atoms with Gasteiger partial charge in [0.25, 0.3) is 5.92 Å². The highest BCUT2D eigenvalue weighted by molar-refractivity contribution is 7.87. The number of ketones is 1. The molecular formula is C13H21F2N3O3S. The van der Waals surface area contributed by atoms with Gasteiger partial charge in [0.15, 0.2) is 0 Å². The molecule has 1 spiro atoms. The lowest BCUT2D eigenvalue weighted by atomic mass is 9.90. The first kappa shape index (κ1) is 17.3. The van der Waals surface area contributed by atoms with Gasteiger partial charge in [-0.15, -0.1) is 4.40 Å². The topological polar surface area (TPSA) is 70.0 Å². The second-order valence-corrected chi connectivity index (χ2v) is 7.72. The number of halogens is 2. The number of rotatable bonds is 5. The van der Waals surface area contributed by atoms with Crippen molar-refractivity contribution in [2.75, 3.05) is 27.2 Å². The average Bonchev–Trinajstić information content (AvgIpc) is 2.91. The Labute approximate surface area is 129 Å². The van der Waals surface area contributed by atoms with Crippen LogP contribution >= 0.6 is 0 Å². The fraction of sp³-hybridized carbons (Fsp3) is 0.846. The molecule has 0 aromatic heterocycles. The lowest BCUT2D eigenvalue weighted by molar-refractivity contribution is -0.122. The molecule has 0 radical (unpaired) electrons. The third-order valence-corrected chi connectivity index (χ3v) is 5.90. The van der Waals surface area contributed by atoms with Gasteiger partial charge in [0.1, 0.15) is 12.1 Å². The fourth-order valence-corrected chi connectivity index (χ4v) is 4.27. The lowest BCUT2D eigenvalue weighted by Crippen LogP contribution is -2.40. The summed E-state index contributed by atoms with van der Waals surface area (Å²) in [5.41, 5.74) is -1.35. The van der Waals surface area contributed by atoms with Gasteiger partial charge in [0.05, 0.1) is 11.3 Å². The lowest BCUT2D eigenvalue weighted by Gasteiger charge is -2.30. The highest BCUT2D eigenvalue weighted by atomic mass is 32.2. The molecule has 1 heterocycles. The Balaban J connectivity index is 2.07. The Morgan fingerprint density at radius 3 is 2.36 bits per heavy atom. The smallest absolute Gasteiger partial charge is 0.323 e. The molecule has 1 saturated carbocycles. The van der Waals surface area contributed by atoms with Crippen molar-refractivity contribution < 1.29 is 22.0 Å². The summed E-state index contributed by atoms with van der Waals surface area (Å²) >= 11 is 0. The molecule has 126 valence electrons. The van der Waals surface area contributed by atoms with Gasteiger partial charge >= 0.3 is 10.2 Å². The zero-order chi connectivity index (χ0) is 16.8. The van der Waals surface area contributed by atoms with Crippen molar-refractivity contribution in [2.24, 2.45) is 15.7 Å². The van der Waals surface area contributed by atoms with Crippen molar-refractivity contribution in [3.63, 3.8) is 0 Å². The van der Waals surface area contributed by atoms with Gasteiger partial charge in [-0.3, -0.25) is 4.79 Å². The molecule has 0 bridgehead atoms. The maximum Gasteiger partial charge on any atom is 0.323 e. The van der Waals surface area contributed by atoms with Crippen LogP contribution in [0.3, 0.4) is 0 Å². The second kappa shape index (κ2) is 5.52. The monoisotopic (exact) mass is 337 g/mol. The number of piperidine rings is 1. The molecule has 2 fully saturated rings. The minimum absolute atomic E-state index is 0.00682. The van der Waals surface area contributed by atoms with Crippen LogP contribution in [0.4, 0.5) is 8.78 Å².